The molecule has 2 heterocycles. The fraction of sp³-hybridized carbons (Fsp3) is 0.368. The highest BCUT2D eigenvalue weighted by Crippen LogP contribution is 2.31. The number of carbonyl (C=O) groups is 1. The summed E-state index contributed by atoms with van der Waals surface area (Å²) < 4.78 is 32.7. The maximum Gasteiger partial charge on any atom is 0.265 e. The Morgan fingerprint density at radius 1 is 1.28 bits per heavy atom. The maximum absolute atomic E-state index is 13.0. The Kier molecular flexibility index (Phi) is 7.24. The summed E-state index contributed by atoms with van der Waals surface area (Å²) in [6, 6.07) is 8.29. The van der Waals surface area contributed by atoms with Crippen molar-refractivity contribution < 1.29 is 22.8 Å². The van der Waals surface area contributed by atoms with Crippen molar-refractivity contribution >= 4 is 39.2 Å². The topological polar surface area (TPSA) is 97.3 Å². The minimum Gasteiger partial charge on any atom is -0.495 e. The van der Waals surface area contributed by atoms with Crippen molar-refractivity contribution in [2.75, 3.05) is 32.1 Å². The number of benzene rings is 1. The van der Waals surface area contributed by atoms with Crippen LogP contribution in [0, 0.1) is 0 Å². The predicted molar refractivity (Wildman–Crippen MR) is 112 cm³/mol. The molecule has 1 saturated heterocycles. The van der Waals surface area contributed by atoms with Crippen molar-refractivity contribution in [1.82, 2.24) is 4.31 Å². The van der Waals surface area contributed by atoms with Crippen LogP contribution in [0.1, 0.15) is 24.1 Å². The summed E-state index contributed by atoms with van der Waals surface area (Å²) in [6.07, 6.45) is 4.21. The molecule has 2 aromatic rings. The molecule has 0 atom stereocenters. The molecule has 0 radical (unpaired) electrons. The molecule has 1 fully saturated rings. The number of methoxy groups -OCH3 is 1. The molecule has 0 aliphatic carbocycles. The van der Waals surface area contributed by atoms with Crippen LogP contribution in [0.25, 0.3) is 0 Å². The number of ether oxygens (including phenoxy) is 1. The van der Waals surface area contributed by atoms with Gasteiger partial charge in [0.05, 0.1) is 13.3 Å². The number of thiophene rings is 1. The third-order valence-corrected chi connectivity index (χ3v) is 7.10. The maximum atomic E-state index is 13.0. The van der Waals surface area contributed by atoms with E-state index in [2.05, 4.69) is 10.5 Å². The minimum atomic E-state index is -3.71. The number of hydrogen-bond donors (Lipinski definition) is 1. The molecule has 29 heavy (non-hydrogen) atoms. The van der Waals surface area contributed by atoms with Crippen LogP contribution in [-0.2, 0) is 19.7 Å². The highest BCUT2D eigenvalue weighted by atomic mass is 32.2. The van der Waals surface area contributed by atoms with E-state index in [1.807, 2.05) is 17.5 Å². The number of piperidine rings is 1. The smallest absolute Gasteiger partial charge is 0.265 e. The van der Waals surface area contributed by atoms with E-state index in [9.17, 15) is 13.2 Å². The Morgan fingerprint density at radius 2 is 2.07 bits per heavy atom. The molecule has 3 rings (SSSR count). The van der Waals surface area contributed by atoms with Crippen LogP contribution in [0.2, 0.25) is 0 Å². The van der Waals surface area contributed by atoms with Gasteiger partial charge in [-0.2, -0.15) is 4.31 Å². The minimum absolute atomic E-state index is 0.0383. The zero-order chi connectivity index (χ0) is 20.7. The van der Waals surface area contributed by atoms with Crippen LogP contribution < -0.4 is 10.1 Å². The van der Waals surface area contributed by atoms with E-state index in [0.717, 1.165) is 24.1 Å². The quantitative estimate of drug-likeness (QED) is 0.506. The van der Waals surface area contributed by atoms with Gasteiger partial charge in [-0.05, 0) is 42.5 Å². The third kappa shape index (κ3) is 5.55. The fourth-order valence-electron chi connectivity index (χ4n) is 2.95. The van der Waals surface area contributed by atoms with E-state index in [-0.39, 0.29) is 17.3 Å². The number of nitrogens with one attached hydrogen (secondary N) is 1. The van der Waals surface area contributed by atoms with E-state index >= 15 is 0 Å². The first-order valence-electron chi connectivity index (χ1n) is 9.17. The largest absolute Gasteiger partial charge is 0.495 e. The predicted octanol–water partition coefficient (Wildman–Crippen LogP) is 2.92. The average molecular weight is 438 g/mol. The fourth-order valence-corrected chi connectivity index (χ4v) is 5.22. The summed E-state index contributed by atoms with van der Waals surface area (Å²) >= 11 is 1.50. The van der Waals surface area contributed by atoms with Crippen LogP contribution in [0.3, 0.4) is 0 Å². The Morgan fingerprint density at radius 3 is 2.76 bits per heavy atom. The highest BCUT2D eigenvalue weighted by molar-refractivity contribution is 7.89. The van der Waals surface area contributed by atoms with Gasteiger partial charge in [-0.15, -0.1) is 11.3 Å². The molecular weight excluding hydrogens is 414 g/mol. The number of carbonyl (C=O) groups excluding carboxylic acids is 1. The van der Waals surface area contributed by atoms with Crippen LogP contribution >= 0.6 is 11.3 Å². The molecule has 156 valence electrons. The summed E-state index contributed by atoms with van der Waals surface area (Å²) in [5.41, 5.74) is 0.345. The van der Waals surface area contributed by atoms with E-state index in [1.54, 1.807) is 6.07 Å². The number of sulfonamides is 1. The molecule has 8 nitrogen and oxygen atoms in total. The number of amides is 1. The van der Waals surface area contributed by atoms with Gasteiger partial charge >= 0.3 is 0 Å². The Labute approximate surface area is 174 Å². The highest BCUT2D eigenvalue weighted by Gasteiger charge is 2.29. The Balaban J connectivity index is 1.67. The molecule has 0 spiro atoms. The van der Waals surface area contributed by atoms with Crippen LogP contribution in [0.15, 0.2) is 45.8 Å². The normalized spacial score (nSPS) is 15.3. The summed E-state index contributed by atoms with van der Waals surface area (Å²) in [4.78, 5) is 18.0. The monoisotopic (exact) mass is 437 g/mol. The molecule has 1 aliphatic rings. The molecule has 10 heteroatoms. The van der Waals surface area contributed by atoms with Gasteiger partial charge in [0.2, 0.25) is 10.0 Å². The van der Waals surface area contributed by atoms with Gasteiger partial charge in [0.1, 0.15) is 10.6 Å². The molecule has 1 aromatic heterocycles. The van der Waals surface area contributed by atoms with Gasteiger partial charge in [-0.3, -0.25) is 4.79 Å². The van der Waals surface area contributed by atoms with E-state index in [1.165, 1.54) is 41.1 Å². The second kappa shape index (κ2) is 9.86. The first-order chi connectivity index (χ1) is 14.0. The Hall–Kier alpha value is -2.43. The lowest BCUT2D eigenvalue weighted by atomic mass is 10.2. The van der Waals surface area contributed by atoms with E-state index in [0.29, 0.717) is 18.8 Å². The zero-order valence-corrected chi connectivity index (χ0v) is 17.7. The molecule has 1 aliphatic heterocycles. The van der Waals surface area contributed by atoms with E-state index < -0.39 is 15.9 Å². The van der Waals surface area contributed by atoms with Gasteiger partial charge < -0.3 is 14.9 Å². The van der Waals surface area contributed by atoms with Crippen molar-refractivity contribution in [2.45, 2.75) is 24.2 Å². The van der Waals surface area contributed by atoms with Crippen LogP contribution in [-0.4, -0.2) is 51.7 Å². The third-order valence-electron chi connectivity index (χ3n) is 4.37. The average Bonchev–Trinajstić information content (AvgIpc) is 3.25. The number of oxime groups is 1. The first kappa shape index (κ1) is 21.3. The zero-order valence-electron chi connectivity index (χ0n) is 16.0. The lowest BCUT2D eigenvalue weighted by Gasteiger charge is -2.26. The second-order valence-electron chi connectivity index (χ2n) is 6.40. The van der Waals surface area contributed by atoms with Crippen LogP contribution in [0.4, 0.5) is 5.69 Å². The molecule has 0 saturated carbocycles. The number of nitrogens with zero attached hydrogens (tertiary/aromatic N) is 2. The number of rotatable bonds is 8. The number of anilines is 1. The van der Waals surface area contributed by atoms with Crippen molar-refractivity contribution in [2.24, 2.45) is 5.16 Å². The van der Waals surface area contributed by atoms with Crippen molar-refractivity contribution in [3.63, 3.8) is 0 Å². The van der Waals surface area contributed by atoms with Gasteiger partial charge in [-0.25, -0.2) is 8.42 Å². The van der Waals surface area contributed by atoms with Gasteiger partial charge in [0.25, 0.3) is 5.91 Å². The molecule has 0 bridgehead atoms. The number of hydrogen-bond acceptors (Lipinski definition) is 7. The van der Waals surface area contributed by atoms with Crippen molar-refractivity contribution in [3.05, 3.63) is 40.6 Å². The SMILES string of the molecule is COc1ccc(NC(=O)CON=Cc2cccs2)cc1S(=O)(=O)N1CCCCC1. The summed E-state index contributed by atoms with van der Waals surface area (Å²) in [6.45, 7) is 0.679. The lowest BCUT2D eigenvalue weighted by Crippen LogP contribution is -2.35. The summed E-state index contributed by atoms with van der Waals surface area (Å²) in [5.74, 6) is -0.204. The summed E-state index contributed by atoms with van der Waals surface area (Å²) in [7, 11) is -2.29. The molecular formula is C19H23N3O5S2. The van der Waals surface area contributed by atoms with Gasteiger partial charge in [-0.1, -0.05) is 17.6 Å². The molecule has 0 unspecified atom stereocenters. The van der Waals surface area contributed by atoms with Crippen molar-refractivity contribution in [3.8, 4) is 5.75 Å². The van der Waals surface area contributed by atoms with Crippen molar-refractivity contribution in [1.29, 1.82) is 0 Å². The molecule has 1 N–H and O–H groups in total. The van der Waals surface area contributed by atoms with Crippen LogP contribution in [0.5, 0.6) is 5.75 Å². The summed E-state index contributed by atoms with van der Waals surface area (Å²) in [5, 5.41) is 8.28. The first-order valence-corrected chi connectivity index (χ1v) is 11.5. The lowest BCUT2D eigenvalue weighted by molar-refractivity contribution is -0.120. The van der Waals surface area contributed by atoms with E-state index in [4.69, 9.17) is 9.57 Å². The second-order valence-corrected chi connectivity index (χ2v) is 9.29. The molecule has 1 aromatic carbocycles. The van der Waals surface area contributed by atoms with Gasteiger partial charge in [0, 0.05) is 23.7 Å². The Bertz CT molecular complexity index is 952. The standard InChI is InChI=1S/C19H23N3O5S2/c1-26-17-8-7-15(12-18(17)29(24,25)22-9-3-2-4-10-22)21-19(23)14-27-20-13-16-6-5-11-28-16/h5-8,11-13H,2-4,9-10,14H2,1H3,(H,21,23). The molecule has 1 amide bonds. The van der Waals surface area contributed by atoms with Gasteiger partial charge in [0.15, 0.2) is 6.61 Å².